The van der Waals surface area contributed by atoms with Crippen LogP contribution in [0.2, 0.25) is 0 Å². The lowest BCUT2D eigenvalue weighted by atomic mass is 10.0. The lowest BCUT2D eigenvalue weighted by Gasteiger charge is -2.26. The van der Waals surface area contributed by atoms with Crippen LogP contribution in [-0.2, 0) is 18.4 Å². The number of hydrogen-bond donors (Lipinski definition) is 3. The van der Waals surface area contributed by atoms with Crippen LogP contribution in [0, 0.1) is 0 Å². The number of phosphoric acid groups is 1. The van der Waals surface area contributed by atoms with E-state index in [4.69, 9.17) is 9.05 Å². The molecule has 0 aliphatic rings. The standard InChI is InChI=1S/C60H107N2O6P/c1-6-8-10-12-14-16-18-20-22-24-26-28-29-30-31-32-33-34-36-38-40-42-44-46-48-50-52-54-60(64)61-58(57-68-69(65,66)67-56-55-62(3,4)5)59(63)53-51-49-47-45-43-41-39-37-35-27-25-23-21-19-17-15-13-11-9-7-2/h8,10,14,16,20,22,26,28,30-31,33-34,38,40,44,46,58-59,63H,6-7,9,11-13,15,17-19,21,23-25,27,29,32,35-37,39,41-43,45,47-57H2,1-5H3,(H-,61,64,65,66)/p+1/b10-8-,16-14-,22-20-,28-26-,31-30-,34-33-,40-38-,46-44-. The summed E-state index contributed by atoms with van der Waals surface area (Å²) < 4.78 is 23.7. The molecular formula is C60H108N2O6P+. The van der Waals surface area contributed by atoms with Gasteiger partial charge in [0, 0.05) is 6.42 Å². The van der Waals surface area contributed by atoms with Crippen molar-refractivity contribution >= 4 is 13.7 Å². The van der Waals surface area contributed by atoms with Crippen molar-refractivity contribution in [2.24, 2.45) is 0 Å². The van der Waals surface area contributed by atoms with Crippen LogP contribution in [0.5, 0.6) is 0 Å². The number of quaternary nitrogens is 1. The second kappa shape index (κ2) is 50.4. The molecule has 0 saturated heterocycles. The fourth-order valence-corrected chi connectivity index (χ4v) is 8.44. The average Bonchev–Trinajstić information content (AvgIpc) is 3.31. The van der Waals surface area contributed by atoms with E-state index in [1.165, 1.54) is 109 Å². The van der Waals surface area contributed by atoms with Crippen LogP contribution in [0.15, 0.2) is 97.2 Å². The van der Waals surface area contributed by atoms with Crippen molar-refractivity contribution in [3.05, 3.63) is 97.2 Å². The first-order chi connectivity index (χ1) is 33.5. The Bertz CT molecular complexity index is 1440. The minimum atomic E-state index is -4.34. The quantitative estimate of drug-likeness (QED) is 0.0243. The molecule has 9 heteroatoms. The highest BCUT2D eigenvalue weighted by atomic mass is 31.2. The molecule has 0 bridgehead atoms. The van der Waals surface area contributed by atoms with Crippen molar-refractivity contribution in [3.8, 4) is 0 Å². The van der Waals surface area contributed by atoms with E-state index in [1.54, 1.807) is 0 Å². The molecule has 3 atom stereocenters. The fraction of sp³-hybridized carbons (Fsp3) is 0.717. The first-order valence-electron chi connectivity index (χ1n) is 28.1. The summed E-state index contributed by atoms with van der Waals surface area (Å²) >= 11 is 0. The van der Waals surface area contributed by atoms with E-state index in [-0.39, 0.29) is 19.1 Å². The Morgan fingerprint density at radius 1 is 0.507 bits per heavy atom. The number of rotatable bonds is 50. The van der Waals surface area contributed by atoms with Gasteiger partial charge in [0.2, 0.25) is 5.91 Å². The molecule has 398 valence electrons. The third-order valence-electron chi connectivity index (χ3n) is 12.1. The third kappa shape index (κ3) is 53.1. The number of amides is 1. The highest BCUT2D eigenvalue weighted by Crippen LogP contribution is 2.43. The summed E-state index contributed by atoms with van der Waals surface area (Å²) in [5.41, 5.74) is 0. The minimum absolute atomic E-state index is 0.0608. The first kappa shape index (κ1) is 66.4. The average molecular weight is 985 g/mol. The van der Waals surface area contributed by atoms with Gasteiger partial charge in [0.05, 0.1) is 39.9 Å². The van der Waals surface area contributed by atoms with E-state index in [0.717, 1.165) is 83.5 Å². The zero-order valence-electron chi connectivity index (χ0n) is 45.3. The molecule has 69 heavy (non-hydrogen) atoms. The van der Waals surface area contributed by atoms with Crippen molar-refractivity contribution in [3.63, 3.8) is 0 Å². The number of hydrogen-bond acceptors (Lipinski definition) is 5. The molecule has 0 aromatic rings. The molecule has 0 aliphatic heterocycles. The second-order valence-electron chi connectivity index (χ2n) is 19.9. The molecule has 1 amide bonds. The van der Waals surface area contributed by atoms with Gasteiger partial charge < -0.3 is 19.8 Å². The van der Waals surface area contributed by atoms with Crippen LogP contribution in [-0.4, -0.2) is 73.4 Å². The summed E-state index contributed by atoms with van der Waals surface area (Å²) in [6.45, 7) is 4.74. The molecule has 0 aromatic heterocycles. The van der Waals surface area contributed by atoms with Crippen LogP contribution >= 0.6 is 7.82 Å². The summed E-state index contributed by atoms with van der Waals surface area (Å²) in [6.07, 6.45) is 71.7. The Kier molecular flexibility index (Phi) is 48.5. The number of unbranched alkanes of at least 4 members (excludes halogenated alkanes) is 21. The van der Waals surface area contributed by atoms with Crippen LogP contribution in [0.1, 0.15) is 226 Å². The molecule has 0 rings (SSSR count). The monoisotopic (exact) mass is 984 g/mol. The van der Waals surface area contributed by atoms with Gasteiger partial charge in [-0.05, 0) is 77.0 Å². The Hall–Kier alpha value is -2.58. The number of carbonyl (C=O) groups excluding carboxylic acids is 1. The molecule has 0 aromatic carbocycles. The second-order valence-corrected chi connectivity index (χ2v) is 21.4. The summed E-state index contributed by atoms with van der Waals surface area (Å²) in [5, 5.41) is 14.0. The zero-order chi connectivity index (χ0) is 50.6. The molecule has 0 saturated carbocycles. The highest BCUT2D eigenvalue weighted by Gasteiger charge is 2.28. The summed E-state index contributed by atoms with van der Waals surface area (Å²) in [6, 6.07) is -0.792. The number of nitrogens with zero attached hydrogens (tertiary/aromatic N) is 1. The number of nitrogens with one attached hydrogen (secondary N) is 1. The van der Waals surface area contributed by atoms with Gasteiger partial charge in [0.1, 0.15) is 13.2 Å². The third-order valence-corrected chi connectivity index (χ3v) is 13.1. The lowest BCUT2D eigenvalue weighted by Crippen LogP contribution is -2.46. The van der Waals surface area contributed by atoms with E-state index in [0.29, 0.717) is 30.3 Å². The minimum Gasteiger partial charge on any atom is -0.391 e. The summed E-state index contributed by atoms with van der Waals surface area (Å²) in [7, 11) is 1.57. The van der Waals surface area contributed by atoms with E-state index in [2.05, 4.69) is 116 Å². The van der Waals surface area contributed by atoms with Gasteiger partial charge in [-0.1, -0.05) is 239 Å². The van der Waals surface area contributed by atoms with Gasteiger partial charge in [-0.2, -0.15) is 0 Å². The van der Waals surface area contributed by atoms with E-state index >= 15 is 0 Å². The predicted octanol–water partition coefficient (Wildman–Crippen LogP) is 17.0. The van der Waals surface area contributed by atoms with Crippen molar-refractivity contribution < 1.29 is 32.9 Å². The first-order valence-corrected chi connectivity index (χ1v) is 29.6. The maximum Gasteiger partial charge on any atom is 0.472 e. The topological polar surface area (TPSA) is 105 Å². The normalized spacial score (nSPS) is 14.7. The Labute approximate surface area is 426 Å². The number of aliphatic hydroxyl groups excluding tert-OH is 1. The Morgan fingerprint density at radius 3 is 1.25 bits per heavy atom. The van der Waals surface area contributed by atoms with E-state index < -0.39 is 20.0 Å². The van der Waals surface area contributed by atoms with Crippen molar-refractivity contribution in [1.82, 2.24) is 5.32 Å². The van der Waals surface area contributed by atoms with Gasteiger partial charge in [-0.3, -0.25) is 13.8 Å². The Balaban J connectivity index is 4.33. The molecule has 8 nitrogen and oxygen atoms in total. The molecule has 3 unspecified atom stereocenters. The van der Waals surface area contributed by atoms with Crippen LogP contribution in [0.25, 0.3) is 0 Å². The molecule has 3 N–H and O–H groups in total. The fourth-order valence-electron chi connectivity index (χ4n) is 7.71. The molecule has 0 heterocycles. The number of carbonyl (C=O) groups is 1. The number of phosphoric ester groups is 1. The number of aliphatic hydroxyl groups is 1. The molecule has 0 aliphatic carbocycles. The lowest BCUT2D eigenvalue weighted by molar-refractivity contribution is -0.870. The smallest absolute Gasteiger partial charge is 0.391 e. The number of allylic oxidation sites excluding steroid dienone is 16. The summed E-state index contributed by atoms with van der Waals surface area (Å²) in [5.74, 6) is -0.189. The highest BCUT2D eigenvalue weighted by molar-refractivity contribution is 7.47. The van der Waals surface area contributed by atoms with Gasteiger partial charge >= 0.3 is 7.82 Å². The van der Waals surface area contributed by atoms with Gasteiger partial charge in [0.15, 0.2) is 0 Å². The maximum atomic E-state index is 13.0. The predicted molar refractivity (Wildman–Crippen MR) is 299 cm³/mol. The van der Waals surface area contributed by atoms with E-state index in [9.17, 15) is 19.4 Å². The van der Waals surface area contributed by atoms with Crippen molar-refractivity contribution in [2.75, 3.05) is 40.9 Å². The van der Waals surface area contributed by atoms with Gasteiger partial charge in [-0.15, -0.1) is 0 Å². The van der Waals surface area contributed by atoms with Crippen LogP contribution in [0.4, 0.5) is 0 Å². The molecule has 0 radical (unpaired) electrons. The van der Waals surface area contributed by atoms with Crippen molar-refractivity contribution in [1.29, 1.82) is 0 Å². The largest absolute Gasteiger partial charge is 0.472 e. The van der Waals surface area contributed by atoms with E-state index in [1.807, 2.05) is 21.1 Å². The van der Waals surface area contributed by atoms with Gasteiger partial charge in [-0.25, -0.2) is 4.57 Å². The maximum absolute atomic E-state index is 13.0. The Morgan fingerprint density at radius 2 is 0.870 bits per heavy atom. The molecular weight excluding hydrogens is 876 g/mol. The molecule has 0 spiro atoms. The summed E-state index contributed by atoms with van der Waals surface area (Å²) in [4.78, 5) is 23.3. The van der Waals surface area contributed by atoms with Crippen LogP contribution in [0.3, 0.4) is 0 Å². The van der Waals surface area contributed by atoms with Gasteiger partial charge in [0.25, 0.3) is 0 Å². The molecule has 0 fully saturated rings. The SMILES string of the molecule is CC/C=C\C/C=C\C/C=C\C/C=C\C/C=C\C/C=C\C/C=C\C/C=C\CCCCC(=O)NC(COP(=O)(O)OCC[N+](C)(C)C)C(O)CCCCCCCCCCCCCCCCCCCCCC. The number of likely N-dealkylation sites (N-methyl/N-ethyl adjacent to an activating group) is 1. The zero-order valence-corrected chi connectivity index (χ0v) is 46.2. The van der Waals surface area contributed by atoms with Crippen LogP contribution < -0.4 is 5.32 Å². The van der Waals surface area contributed by atoms with Crippen molar-refractivity contribution in [2.45, 2.75) is 238 Å².